The van der Waals surface area contributed by atoms with Gasteiger partial charge in [0.2, 0.25) is 5.95 Å². The van der Waals surface area contributed by atoms with Gasteiger partial charge in [0.15, 0.2) is 0 Å². The summed E-state index contributed by atoms with van der Waals surface area (Å²) in [6, 6.07) is 7.80. The lowest BCUT2D eigenvalue weighted by atomic mass is 10.2. The van der Waals surface area contributed by atoms with Crippen LogP contribution in [0.3, 0.4) is 0 Å². The van der Waals surface area contributed by atoms with Crippen molar-refractivity contribution in [2.24, 2.45) is 0 Å². The molecular formula is C14H17ClN4. The van der Waals surface area contributed by atoms with Crippen molar-refractivity contribution in [3.63, 3.8) is 0 Å². The standard InChI is InChI=1S/C14H17ClN4/c1-16-7-11-8-17-14(18-9-11)19(2)10-12-5-3-4-6-13(12)15/h3-6,8-9,16H,7,10H2,1-2H3. The van der Waals surface area contributed by atoms with Crippen LogP contribution >= 0.6 is 11.6 Å². The van der Waals surface area contributed by atoms with Gasteiger partial charge in [-0.3, -0.25) is 0 Å². The number of nitrogens with one attached hydrogen (secondary N) is 1. The van der Waals surface area contributed by atoms with Gasteiger partial charge in [0.25, 0.3) is 0 Å². The molecule has 0 aliphatic carbocycles. The summed E-state index contributed by atoms with van der Waals surface area (Å²) >= 11 is 6.15. The second kappa shape index (κ2) is 6.50. The lowest BCUT2D eigenvalue weighted by Gasteiger charge is -2.17. The Morgan fingerprint density at radius 1 is 1.21 bits per heavy atom. The molecule has 1 heterocycles. The van der Waals surface area contributed by atoms with Crippen LogP contribution in [0.15, 0.2) is 36.7 Å². The van der Waals surface area contributed by atoms with Crippen molar-refractivity contribution in [2.75, 3.05) is 19.0 Å². The van der Waals surface area contributed by atoms with E-state index in [-0.39, 0.29) is 0 Å². The predicted octanol–water partition coefficient (Wildman–Crippen LogP) is 2.49. The highest BCUT2D eigenvalue weighted by Crippen LogP contribution is 2.18. The highest BCUT2D eigenvalue weighted by atomic mass is 35.5. The van der Waals surface area contributed by atoms with Crippen molar-refractivity contribution in [3.8, 4) is 0 Å². The van der Waals surface area contributed by atoms with Crippen LogP contribution in [0, 0.1) is 0 Å². The summed E-state index contributed by atoms with van der Waals surface area (Å²) in [5, 5.41) is 3.83. The van der Waals surface area contributed by atoms with Gasteiger partial charge in [-0.25, -0.2) is 9.97 Å². The molecule has 19 heavy (non-hydrogen) atoms. The van der Waals surface area contributed by atoms with Crippen molar-refractivity contribution in [3.05, 3.63) is 52.8 Å². The molecule has 100 valence electrons. The number of benzene rings is 1. The fourth-order valence-electron chi connectivity index (χ4n) is 1.79. The third-order valence-electron chi connectivity index (χ3n) is 2.78. The van der Waals surface area contributed by atoms with Gasteiger partial charge in [0.1, 0.15) is 0 Å². The molecule has 2 rings (SSSR count). The van der Waals surface area contributed by atoms with Gasteiger partial charge in [-0.15, -0.1) is 0 Å². The van der Waals surface area contributed by atoms with E-state index in [1.54, 1.807) is 0 Å². The van der Waals surface area contributed by atoms with Crippen molar-refractivity contribution < 1.29 is 0 Å². The zero-order valence-corrected chi connectivity index (χ0v) is 11.9. The number of anilines is 1. The molecule has 1 N–H and O–H groups in total. The zero-order chi connectivity index (χ0) is 13.7. The van der Waals surface area contributed by atoms with E-state index in [9.17, 15) is 0 Å². The summed E-state index contributed by atoms with van der Waals surface area (Å²) < 4.78 is 0. The Morgan fingerprint density at radius 3 is 2.53 bits per heavy atom. The molecule has 0 amide bonds. The average Bonchev–Trinajstić information content (AvgIpc) is 2.42. The molecule has 4 nitrogen and oxygen atoms in total. The predicted molar refractivity (Wildman–Crippen MR) is 78.4 cm³/mol. The molecule has 0 aliphatic rings. The summed E-state index contributed by atoms with van der Waals surface area (Å²) in [7, 11) is 3.86. The van der Waals surface area contributed by atoms with Crippen LogP contribution in [0.1, 0.15) is 11.1 Å². The Kier molecular flexibility index (Phi) is 4.71. The smallest absolute Gasteiger partial charge is 0.225 e. The Labute approximate surface area is 118 Å². The SMILES string of the molecule is CNCc1cnc(N(C)Cc2ccccc2Cl)nc1. The number of halogens is 1. The maximum absolute atomic E-state index is 6.15. The Bertz CT molecular complexity index is 527. The molecule has 0 saturated heterocycles. The summed E-state index contributed by atoms with van der Waals surface area (Å²) in [5.41, 5.74) is 2.13. The number of hydrogen-bond acceptors (Lipinski definition) is 4. The van der Waals surface area contributed by atoms with E-state index in [0.717, 1.165) is 22.7 Å². The first kappa shape index (κ1) is 13.8. The van der Waals surface area contributed by atoms with E-state index in [4.69, 9.17) is 11.6 Å². The normalized spacial score (nSPS) is 10.5. The molecule has 0 bridgehead atoms. The van der Waals surface area contributed by atoms with Crippen LogP contribution in [0.4, 0.5) is 5.95 Å². The minimum atomic E-state index is 0.686. The first-order chi connectivity index (χ1) is 9.20. The van der Waals surface area contributed by atoms with Crippen LogP contribution in [-0.2, 0) is 13.1 Å². The third kappa shape index (κ3) is 3.66. The van der Waals surface area contributed by atoms with Crippen molar-refractivity contribution >= 4 is 17.5 Å². The summed E-state index contributed by atoms with van der Waals surface area (Å²) in [5.74, 6) is 0.694. The van der Waals surface area contributed by atoms with E-state index >= 15 is 0 Å². The Balaban J connectivity index is 2.07. The quantitative estimate of drug-likeness (QED) is 0.911. The van der Waals surface area contributed by atoms with Gasteiger partial charge >= 0.3 is 0 Å². The summed E-state index contributed by atoms with van der Waals surface area (Å²) in [4.78, 5) is 10.7. The maximum atomic E-state index is 6.15. The number of hydrogen-bond donors (Lipinski definition) is 1. The molecule has 2 aromatic rings. The number of aromatic nitrogens is 2. The van der Waals surface area contributed by atoms with E-state index in [1.165, 1.54) is 0 Å². The number of rotatable bonds is 5. The van der Waals surface area contributed by atoms with Gasteiger partial charge in [0.05, 0.1) is 0 Å². The average molecular weight is 277 g/mol. The topological polar surface area (TPSA) is 41.1 Å². The molecule has 0 radical (unpaired) electrons. The van der Waals surface area contributed by atoms with E-state index in [0.29, 0.717) is 12.5 Å². The first-order valence-electron chi connectivity index (χ1n) is 6.11. The van der Waals surface area contributed by atoms with Crippen molar-refractivity contribution in [1.82, 2.24) is 15.3 Å². The molecule has 0 fully saturated rings. The summed E-state index contributed by atoms with van der Waals surface area (Å²) in [6.07, 6.45) is 3.67. The molecule has 0 atom stereocenters. The molecular weight excluding hydrogens is 260 g/mol. The minimum absolute atomic E-state index is 0.686. The van der Waals surface area contributed by atoms with Crippen LogP contribution in [-0.4, -0.2) is 24.1 Å². The maximum Gasteiger partial charge on any atom is 0.225 e. The van der Waals surface area contributed by atoms with Gasteiger partial charge in [-0.2, -0.15) is 0 Å². The lowest BCUT2D eigenvalue weighted by Crippen LogP contribution is -2.19. The van der Waals surface area contributed by atoms with E-state index < -0.39 is 0 Å². The number of nitrogens with zero attached hydrogens (tertiary/aromatic N) is 3. The molecule has 0 aliphatic heterocycles. The highest BCUT2D eigenvalue weighted by Gasteiger charge is 2.07. The fourth-order valence-corrected chi connectivity index (χ4v) is 1.99. The highest BCUT2D eigenvalue weighted by molar-refractivity contribution is 6.31. The minimum Gasteiger partial charge on any atom is -0.340 e. The fraction of sp³-hybridized carbons (Fsp3) is 0.286. The van der Waals surface area contributed by atoms with E-state index in [2.05, 4.69) is 15.3 Å². The van der Waals surface area contributed by atoms with Gasteiger partial charge in [-0.05, 0) is 18.7 Å². The van der Waals surface area contributed by atoms with Crippen molar-refractivity contribution in [1.29, 1.82) is 0 Å². The van der Waals surface area contributed by atoms with E-state index in [1.807, 2.05) is 55.7 Å². The molecule has 0 unspecified atom stereocenters. The molecule has 0 spiro atoms. The van der Waals surface area contributed by atoms with Crippen LogP contribution < -0.4 is 10.2 Å². The van der Waals surface area contributed by atoms with Crippen LogP contribution in [0.25, 0.3) is 0 Å². The van der Waals surface area contributed by atoms with Gasteiger partial charge < -0.3 is 10.2 Å². The molecule has 1 aromatic carbocycles. The Morgan fingerprint density at radius 2 is 1.89 bits per heavy atom. The largest absolute Gasteiger partial charge is 0.340 e. The van der Waals surface area contributed by atoms with Crippen LogP contribution in [0.2, 0.25) is 5.02 Å². The zero-order valence-electron chi connectivity index (χ0n) is 11.1. The van der Waals surface area contributed by atoms with Crippen molar-refractivity contribution in [2.45, 2.75) is 13.1 Å². The molecule has 1 aromatic heterocycles. The molecule has 5 heteroatoms. The monoisotopic (exact) mass is 276 g/mol. The molecule has 0 saturated carbocycles. The van der Waals surface area contributed by atoms with Crippen LogP contribution in [0.5, 0.6) is 0 Å². The first-order valence-corrected chi connectivity index (χ1v) is 6.48. The lowest BCUT2D eigenvalue weighted by molar-refractivity contribution is 0.797. The third-order valence-corrected chi connectivity index (χ3v) is 3.15. The van der Waals surface area contributed by atoms with Gasteiger partial charge in [0, 0.05) is 43.1 Å². The Hall–Kier alpha value is -1.65. The second-order valence-electron chi connectivity index (χ2n) is 4.37. The summed E-state index contributed by atoms with van der Waals surface area (Å²) in [6.45, 7) is 1.46. The van der Waals surface area contributed by atoms with Gasteiger partial charge in [-0.1, -0.05) is 29.8 Å². The second-order valence-corrected chi connectivity index (χ2v) is 4.78.